The van der Waals surface area contributed by atoms with E-state index in [1.54, 1.807) is 7.11 Å². The number of rotatable bonds is 6. The Morgan fingerprint density at radius 3 is 2.50 bits per heavy atom. The van der Waals surface area contributed by atoms with Crippen molar-refractivity contribution < 1.29 is 4.74 Å². The second kappa shape index (κ2) is 6.64. The average molecular weight is 250 g/mol. The maximum Gasteiger partial charge on any atom is 0.122 e. The molecule has 2 N–H and O–H groups in total. The fourth-order valence-corrected chi connectivity index (χ4v) is 2.17. The number of hydrogen-bond acceptors (Lipinski definition) is 3. The van der Waals surface area contributed by atoms with Crippen molar-refractivity contribution in [3.05, 3.63) is 23.3 Å². The number of methoxy groups -OCH3 is 1. The molecule has 0 unspecified atom stereocenters. The fraction of sp³-hybridized carbons (Fsp3) is 0.600. The number of ether oxygens (including phenoxy) is 1. The smallest absolute Gasteiger partial charge is 0.122 e. The van der Waals surface area contributed by atoms with Gasteiger partial charge < -0.3 is 15.4 Å². The molecule has 102 valence electrons. The zero-order valence-corrected chi connectivity index (χ0v) is 12.3. The third-order valence-electron chi connectivity index (χ3n) is 3.28. The molecule has 18 heavy (non-hydrogen) atoms. The highest BCUT2D eigenvalue weighted by Gasteiger charge is 2.13. The third kappa shape index (κ3) is 3.39. The van der Waals surface area contributed by atoms with E-state index in [2.05, 4.69) is 44.9 Å². The van der Waals surface area contributed by atoms with Crippen molar-refractivity contribution in [3.63, 3.8) is 0 Å². The Balaban J connectivity index is 3.08. The van der Waals surface area contributed by atoms with E-state index in [1.165, 1.54) is 16.8 Å². The van der Waals surface area contributed by atoms with E-state index in [1.807, 2.05) is 0 Å². The largest absolute Gasteiger partial charge is 0.496 e. The minimum Gasteiger partial charge on any atom is -0.496 e. The Bertz CT molecular complexity index is 388. The van der Waals surface area contributed by atoms with Crippen molar-refractivity contribution in [2.24, 2.45) is 5.73 Å². The normalized spacial score (nSPS) is 10.8. The first-order chi connectivity index (χ1) is 8.51. The van der Waals surface area contributed by atoms with Gasteiger partial charge in [0, 0.05) is 19.3 Å². The number of anilines is 1. The summed E-state index contributed by atoms with van der Waals surface area (Å²) in [4.78, 5) is 2.27. The predicted molar refractivity (Wildman–Crippen MR) is 78.8 cm³/mol. The van der Waals surface area contributed by atoms with Gasteiger partial charge in [-0.15, -0.1) is 0 Å². The number of nitrogens with two attached hydrogens (primary N) is 1. The van der Waals surface area contributed by atoms with Crippen LogP contribution in [0, 0.1) is 6.92 Å². The van der Waals surface area contributed by atoms with Crippen molar-refractivity contribution in [1.29, 1.82) is 0 Å². The maximum absolute atomic E-state index is 5.57. The van der Waals surface area contributed by atoms with Gasteiger partial charge in [-0.05, 0) is 49.1 Å². The Morgan fingerprint density at radius 1 is 1.33 bits per heavy atom. The van der Waals surface area contributed by atoms with E-state index < -0.39 is 0 Å². The SMILES string of the molecule is COc1cc(C)c(N(C)CCCN)cc1C(C)C. The van der Waals surface area contributed by atoms with Gasteiger partial charge in [-0.2, -0.15) is 0 Å². The van der Waals surface area contributed by atoms with Gasteiger partial charge in [0.25, 0.3) is 0 Å². The Morgan fingerprint density at radius 2 is 2.00 bits per heavy atom. The number of benzene rings is 1. The van der Waals surface area contributed by atoms with Crippen molar-refractivity contribution in [2.75, 3.05) is 32.1 Å². The first-order valence-corrected chi connectivity index (χ1v) is 6.61. The van der Waals surface area contributed by atoms with Crippen LogP contribution in [0.15, 0.2) is 12.1 Å². The van der Waals surface area contributed by atoms with Crippen molar-refractivity contribution in [3.8, 4) is 5.75 Å². The molecule has 1 aromatic carbocycles. The van der Waals surface area contributed by atoms with E-state index in [9.17, 15) is 0 Å². The first-order valence-electron chi connectivity index (χ1n) is 6.61. The molecule has 0 saturated carbocycles. The highest BCUT2D eigenvalue weighted by Crippen LogP contribution is 2.33. The van der Waals surface area contributed by atoms with Gasteiger partial charge in [-0.3, -0.25) is 0 Å². The zero-order chi connectivity index (χ0) is 13.7. The average Bonchev–Trinajstić information content (AvgIpc) is 2.34. The molecule has 0 radical (unpaired) electrons. The van der Waals surface area contributed by atoms with Gasteiger partial charge in [0.2, 0.25) is 0 Å². The second-order valence-electron chi connectivity index (χ2n) is 5.10. The van der Waals surface area contributed by atoms with E-state index in [0.717, 1.165) is 25.3 Å². The summed E-state index contributed by atoms with van der Waals surface area (Å²) in [6.07, 6.45) is 1.01. The summed E-state index contributed by atoms with van der Waals surface area (Å²) < 4.78 is 5.46. The lowest BCUT2D eigenvalue weighted by Gasteiger charge is -2.24. The molecular formula is C15H26N2O. The molecule has 0 bridgehead atoms. The van der Waals surface area contributed by atoms with Crippen LogP contribution < -0.4 is 15.4 Å². The minimum atomic E-state index is 0.460. The molecule has 3 heteroatoms. The lowest BCUT2D eigenvalue weighted by atomic mass is 9.98. The molecule has 0 spiro atoms. The minimum absolute atomic E-state index is 0.460. The summed E-state index contributed by atoms with van der Waals surface area (Å²) in [6.45, 7) is 8.23. The van der Waals surface area contributed by atoms with Gasteiger partial charge in [-0.1, -0.05) is 13.8 Å². The quantitative estimate of drug-likeness (QED) is 0.843. The van der Waals surface area contributed by atoms with E-state index in [-0.39, 0.29) is 0 Å². The van der Waals surface area contributed by atoms with Crippen molar-refractivity contribution >= 4 is 5.69 Å². The molecule has 0 saturated heterocycles. The van der Waals surface area contributed by atoms with Crippen LogP contribution in [0.2, 0.25) is 0 Å². The maximum atomic E-state index is 5.57. The Hall–Kier alpha value is -1.22. The fourth-order valence-electron chi connectivity index (χ4n) is 2.17. The van der Waals surface area contributed by atoms with Crippen molar-refractivity contribution in [2.45, 2.75) is 33.1 Å². The van der Waals surface area contributed by atoms with Gasteiger partial charge in [0.1, 0.15) is 5.75 Å². The monoisotopic (exact) mass is 250 g/mol. The number of hydrogen-bond donors (Lipinski definition) is 1. The van der Waals surface area contributed by atoms with Crippen LogP contribution in [0.4, 0.5) is 5.69 Å². The molecular weight excluding hydrogens is 224 g/mol. The molecule has 0 heterocycles. The summed E-state index contributed by atoms with van der Waals surface area (Å²) in [5.74, 6) is 1.45. The highest BCUT2D eigenvalue weighted by atomic mass is 16.5. The number of aryl methyl sites for hydroxylation is 1. The summed E-state index contributed by atoms with van der Waals surface area (Å²) >= 11 is 0. The molecule has 1 aromatic rings. The summed E-state index contributed by atoms with van der Waals surface area (Å²) in [7, 11) is 3.85. The molecule has 0 fully saturated rings. The van der Waals surface area contributed by atoms with Gasteiger partial charge in [-0.25, -0.2) is 0 Å². The summed E-state index contributed by atoms with van der Waals surface area (Å²) in [5, 5.41) is 0. The topological polar surface area (TPSA) is 38.5 Å². The van der Waals surface area contributed by atoms with E-state index >= 15 is 0 Å². The Labute approximate surface area is 111 Å². The molecule has 0 atom stereocenters. The van der Waals surface area contributed by atoms with Crippen LogP contribution in [-0.2, 0) is 0 Å². The van der Waals surface area contributed by atoms with Gasteiger partial charge in [0.05, 0.1) is 7.11 Å². The molecule has 0 aliphatic carbocycles. The van der Waals surface area contributed by atoms with Gasteiger partial charge in [0.15, 0.2) is 0 Å². The third-order valence-corrected chi connectivity index (χ3v) is 3.28. The molecule has 0 amide bonds. The first kappa shape index (κ1) is 14.8. The van der Waals surface area contributed by atoms with Crippen LogP contribution in [0.5, 0.6) is 5.75 Å². The second-order valence-corrected chi connectivity index (χ2v) is 5.10. The lowest BCUT2D eigenvalue weighted by Crippen LogP contribution is -2.22. The van der Waals surface area contributed by atoms with Crippen LogP contribution in [-0.4, -0.2) is 27.2 Å². The standard InChI is InChI=1S/C15H26N2O/c1-11(2)13-10-14(17(4)8-6-7-16)12(3)9-15(13)18-5/h9-11H,6-8,16H2,1-5H3. The Kier molecular flexibility index (Phi) is 5.48. The molecule has 3 nitrogen and oxygen atoms in total. The zero-order valence-electron chi connectivity index (χ0n) is 12.3. The van der Waals surface area contributed by atoms with Gasteiger partial charge >= 0.3 is 0 Å². The summed E-state index contributed by atoms with van der Waals surface area (Å²) in [5.41, 5.74) is 9.35. The molecule has 1 rings (SSSR count). The molecule has 0 aromatic heterocycles. The van der Waals surface area contributed by atoms with Crippen LogP contribution in [0.25, 0.3) is 0 Å². The predicted octanol–water partition coefficient (Wildman–Crippen LogP) is 2.91. The van der Waals surface area contributed by atoms with Crippen LogP contribution in [0.3, 0.4) is 0 Å². The van der Waals surface area contributed by atoms with E-state index in [0.29, 0.717) is 5.92 Å². The number of nitrogens with zero attached hydrogens (tertiary/aromatic N) is 1. The van der Waals surface area contributed by atoms with Crippen molar-refractivity contribution in [1.82, 2.24) is 0 Å². The van der Waals surface area contributed by atoms with Crippen LogP contribution >= 0.6 is 0 Å². The van der Waals surface area contributed by atoms with E-state index in [4.69, 9.17) is 10.5 Å². The highest BCUT2D eigenvalue weighted by molar-refractivity contribution is 5.59. The molecule has 0 aliphatic rings. The lowest BCUT2D eigenvalue weighted by molar-refractivity contribution is 0.407. The molecule has 0 aliphatic heterocycles. The van der Waals surface area contributed by atoms with Crippen LogP contribution in [0.1, 0.15) is 37.3 Å². The summed E-state index contributed by atoms with van der Waals surface area (Å²) in [6, 6.07) is 4.37.